The lowest BCUT2D eigenvalue weighted by Crippen LogP contribution is -2.46. The number of benzene rings is 2. The van der Waals surface area contributed by atoms with Crippen LogP contribution in [0.5, 0.6) is 0 Å². The third kappa shape index (κ3) is 6.43. The molecule has 3 aromatic rings. The van der Waals surface area contributed by atoms with Gasteiger partial charge in [-0.25, -0.2) is 0 Å². The van der Waals surface area contributed by atoms with Crippen molar-refractivity contribution in [2.24, 2.45) is 0 Å². The quantitative estimate of drug-likeness (QED) is 0.469. The van der Waals surface area contributed by atoms with Crippen LogP contribution < -0.4 is 15.5 Å². The molecule has 0 unspecified atom stereocenters. The highest BCUT2D eigenvalue weighted by Gasteiger charge is 2.20. The highest BCUT2D eigenvalue weighted by molar-refractivity contribution is 7.11. The third-order valence-electron chi connectivity index (χ3n) is 5.69. The number of unbranched alkanes of at least 4 members (excludes halogenated alkanes) is 1. The summed E-state index contributed by atoms with van der Waals surface area (Å²) in [5, 5.41) is 8.21. The molecule has 1 aliphatic rings. The van der Waals surface area contributed by atoms with Gasteiger partial charge in [-0.2, -0.15) is 4.37 Å². The predicted molar refractivity (Wildman–Crippen MR) is 138 cm³/mol. The van der Waals surface area contributed by atoms with Crippen molar-refractivity contribution in [2.45, 2.75) is 19.8 Å². The lowest BCUT2D eigenvalue weighted by atomic mass is 10.1. The van der Waals surface area contributed by atoms with Gasteiger partial charge in [-0.15, -0.1) is 12.4 Å². The Bertz CT molecular complexity index is 1080. The monoisotopic (exact) mass is 487 g/mol. The number of nitrogens with one attached hydrogen (secondary N) is 2. The molecule has 1 aromatic heterocycles. The van der Waals surface area contributed by atoms with E-state index in [1.165, 1.54) is 17.3 Å². The topological polar surface area (TPSA) is 77.6 Å². The van der Waals surface area contributed by atoms with Gasteiger partial charge in [-0.3, -0.25) is 14.5 Å². The second kappa shape index (κ2) is 12.0. The zero-order chi connectivity index (χ0) is 22.3. The minimum Gasteiger partial charge on any atom is -0.359 e. The zero-order valence-corrected chi connectivity index (χ0v) is 20.4. The molecule has 1 fully saturated rings. The predicted octanol–water partition coefficient (Wildman–Crippen LogP) is 4.01. The molecule has 0 aliphatic carbocycles. The second-order valence-corrected chi connectivity index (χ2v) is 8.78. The number of para-hydroxylation sites is 1. The smallest absolute Gasteiger partial charge is 0.253 e. The fraction of sp³-hybridized carbons (Fsp3) is 0.375. The van der Waals surface area contributed by atoms with E-state index < -0.39 is 0 Å². The fourth-order valence-corrected chi connectivity index (χ4v) is 4.93. The Kier molecular flexibility index (Phi) is 9.05. The van der Waals surface area contributed by atoms with Crippen LogP contribution in [0.15, 0.2) is 48.5 Å². The summed E-state index contributed by atoms with van der Waals surface area (Å²) < 4.78 is 4.57. The Morgan fingerprint density at radius 3 is 2.52 bits per heavy atom. The zero-order valence-electron chi connectivity index (χ0n) is 18.8. The van der Waals surface area contributed by atoms with Crippen molar-refractivity contribution in [3.05, 3.63) is 54.1 Å². The largest absolute Gasteiger partial charge is 0.359 e. The number of hydrogen-bond donors (Lipinski definition) is 2. The minimum absolute atomic E-state index is 0. The van der Waals surface area contributed by atoms with E-state index in [1.54, 1.807) is 35.8 Å². The first kappa shape index (κ1) is 25.0. The molecule has 0 atom stereocenters. The molecule has 0 spiro atoms. The Labute approximate surface area is 204 Å². The van der Waals surface area contributed by atoms with E-state index >= 15 is 0 Å². The van der Waals surface area contributed by atoms with Gasteiger partial charge in [0.15, 0.2) is 0 Å². The number of rotatable bonds is 8. The number of carbonyl (C=O) groups is 2. The average Bonchev–Trinajstić information content (AvgIpc) is 3.23. The van der Waals surface area contributed by atoms with Gasteiger partial charge in [-0.1, -0.05) is 24.3 Å². The minimum atomic E-state index is -0.186. The number of anilines is 2. The molecule has 176 valence electrons. The van der Waals surface area contributed by atoms with Crippen LogP contribution in [-0.4, -0.2) is 60.4 Å². The fourth-order valence-electron chi connectivity index (χ4n) is 4.02. The molecule has 1 aliphatic heterocycles. The molecular formula is C24H30ClN5O2S. The van der Waals surface area contributed by atoms with Crippen LogP contribution in [0.25, 0.3) is 10.9 Å². The Balaban J connectivity index is 0.00000306. The van der Waals surface area contributed by atoms with Crippen molar-refractivity contribution in [1.82, 2.24) is 14.6 Å². The normalized spacial score (nSPS) is 14.0. The summed E-state index contributed by atoms with van der Waals surface area (Å²) in [7, 11) is 0. The summed E-state index contributed by atoms with van der Waals surface area (Å²) in [4.78, 5) is 28.7. The van der Waals surface area contributed by atoms with Crippen molar-refractivity contribution in [3.8, 4) is 0 Å². The number of amides is 2. The molecule has 2 aromatic carbocycles. The van der Waals surface area contributed by atoms with E-state index in [0.29, 0.717) is 17.8 Å². The van der Waals surface area contributed by atoms with Gasteiger partial charge in [0.1, 0.15) is 5.00 Å². The van der Waals surface area contributed by atoms with E-state index in [1.807, 2.05) is 6.07 Å². The maximum atomic E-state index is 12.5. The highest BCUT2D eigenvalue weighted by atomic mass is 35.5. The molecule has 7 nitrogen and oxygen atoms in total. The summed E-state index contributed by atoms with van der Waals surface area (Å²) in [5.41, 5.74) is 2.12. The van der Waals surface area contributed by atoms with Crippen molar-refractivity contribution in [3.63, 3.8) is 0 Å². The van der Waals surface area contributed by atoms with Crippen LogP contribution in [0.1, 0.15) is 30.1 Å². The first-order chi connectivity index (χ1) is 15.6. The molecule has 2 amide bonds. The van der Waals surface area contributed by atoms with Gasteiger partial charge < -0.3 is 15.5 Å². The number of aromatic nitrogens is 1. The molecular weight excluding hydrogens is 458 g/mol. The summed E-state index contributed by atoms with van der Waals surface area (Å²) in [6.45, 7) is 7.22. The standard InChI is InChI=1S/C24H29N5O2S.ClH/c1-18(30)26-21-10-4-2-8-19(21)23(31)25-12-6-7-13-28-14-16-29(17-15-28)24-20-9-3-5-11-22(20)27-32-24;/h2-5,8-11H,6-7,12-17H2,1H3,(H,25,31)(H,26,30);1H. The maximum Gasteiger partial charge on any atom is 0.253 e. The lowest BCUT2D eigenvalue weighted by molar-refractivity contribution is -0.114. The molecule has 1 saturated heterocycles. The highest BCUT2D eigenvalue weighted by Crippen LogP contribution is 2.31. The molecule has 2 N–H and O–H groups in total. The van der Waals surface area contributed by atoms with Crippen LogP contribution in [0.2, 0.25) is 0 Å². The van der Waals surface area contributed by atoms with E-state index in [9.17, 15) is 9.59 Å². The molecule has 0 radical (unpaired) electrons. The van der Waals surface area contributed by atoms with Crippen molar-refractivity contribution in [1.29, 1.82) is 0 Å². The maximum absolute atomic E-state index is 12.5. The third-order valence-corrected chi connectivity index (χ3v) is 6.63. The Hall–Kier alpha value is -2.68. The van der Waals surface area contributed by atoms with E-state index in [2.05, 4.69) is 43.0 Å². The average molecular weight is 488 g/mol. The van der Waals surface area contributed by atoms with Crippen LogP contribution in [-0.2, 0) is 4.79 Å². The Morgan fingerprint density at radius 1 is 1.00 bits per heavy atom. The molecule has 4 rings (SSSR count). The second-order valence-electron chi connectivity index (χ2n) is 8.02. The van der Waals surface area contributed by atoms with Crippen LogP contribution >= 0.6 is 23.9 Å². The SMILES string of the molecule is CC(=O)Nc1ccccc1C(=O)NCCCCN1CCN(c2snc3ccccc23)CC1.Cl. The first-order valence-corrected chi connectivity index (χ1v) is 11.9. The van der Waals surface area contributed by atoms with Crippen molar-refractivity contribution >= 4 is 57.3 Å². The lowest BCUT2D eigenvalue weighted by Gasteiger charge is -2.35. The Morgan fingerprint density at radius 2 is 1.73 bits per heavy atom. The van der Waals surface area contributed by atoms with Gasteiger partial charge in [0, 0.05) is 45.0 Å². The number of hydrogen-bond acceptors (Lipinski definition) is 6. The van der Waals surface area contributed by atoms with Crippen molar-refractivity contribution < 1.29 is 9.59 Å². The molecule has 0 saturated carbocycles. The first-order valence-electron chi connectivity index (χ1n) is 11.1. The number of nitrogens with zero attached hydrogens (tertiary/aromatic N) is 3. The van der Waals surface area contributed by atoms with Crippen LogP contribution in [0.4, 0.5) is 10.7 Å². The van der Waals surface area contributed by atoms with Gasteiger partial charge in [0.25, 0.3) is 5.91 Å². The molecule has 9 heteroatoms. The van der Waals surface area contributed by atoms with Crippen LogP contribution in [0, 0.1) is 0 Å². The van der Waals surface area contributed by atoms with E-state index in [4.69, 9.17) is 0 Å². The number of halogens is 1. The molecule has 2 heterocycles. The van der Waals surface area contributed by atoms with Crippen molar-refractivity contribution in [2.75, 3.05) is 49.5 Å². The van der Waals surface area contributed by atoms with E-state index in [-0.39, 0.29) is 24.2 Å². The summed E-state index contributed by atoms with van der Waals surface area (Å²) >= 11 is 1.59. The van der Waals surface area contributed by atoms with Gasteiger partial charge in [0.2, 0.25) is 5.91 Å². The number of piperazine rings is 1. The van der Waals surface area contributed by atoms with Gasteiger partial charge in [-0.05, 0) is 55.2 Å². The van der Waals surface area contributed by atoms with Gasteiger partial charge >= 0.3 is 0 Å². The van der Waals surface area contributed by atoms with Crippen LogP contribution in [0.3, 0.4) is 0 Å². The molecule has 33 heavy (non-hydrogen) atoms. The number of fused-ring (bicyclic) bond motifs is 1. The number of carbonyl (C=O) groups excluding carboxylic acids is 2. The molecule has 0 bridgehead atoms. The summed E-state index contributed by atoms with van der Waals surface area (Å²) in [6, 6.07) is 15.4. The summed E-state index contributed by atoms with van der Waals surface area (Å²) in [6.07, 6.45) is 1.96. The van der Waals surface area contributed by atoms with E-state index in [0.717, 1.165) is 51.1 Å². The summed E-state index contributed by atoms with van der Waals surface area (Å²) in [5.74, 6) is -0.339. The van der Waals surface area contributed by atoms with Gasteiger partial charge in [0.05, 0.1) is 16.8 Å².